The van der Waals surface area contributed by atoms with Crippen molar-refractivity contribution in [3.63, 3.8) is 0 Å². The molecule has 116 valence electrons. The second kappa shape index (κ2) is 6.58. The van der Waals surface area contributed by atoms with E-state index in [2.05, 4.69) is 28.3 Å². The van der Waals surface area contributed by atoms with Crippen molar-refractivity contribution in [3.05, 3.63) is 52.0 Å². The normalized spacial score (nSPS) is 20.7. The number of carbonyl (C=O) groups is 1. The van der Waals surface area contributed by atoms with E-state index in [1.807, 2.05) is 18.3 Å². The zero-order chi connectivity index (χ0) is 15.5. The first kappa shape index (κ1) is 15.2. The maximum Gasteiger partial charge on any atom is 0.320 e. The maximum absolute atomic E-state index is 11.7. The van der Waals surface area contributed by atoms with Crippen LogP contribution in [0.25, 0.3) is 0 Å². The Balaban J connectivity index is 2.02. The average Bonchev–Trinajstić information content (AvgIpc) is 2.95. The molecule has 0 spiro atoms. The number of pyridine rings is 1. The molecule has 1 saturated heterocycles. The molecule has 0 bridgehead atoms. The predicted molar refractivity (Wildman–Crippen MR) is 87.1 cm³/mol. The van der Waals surface area contributed by atoms with Crippen molar-refractivity contribution in [2.45, 2.75) is 38.3 Å². The molecule has 1 aliphatic heterocycles. The maximum atomic E-state index is 11.7. The van der Waals surface area contributed by atoms with Crippen molar-refractivity contribution >= 4 is 17.3 Å². The second-order valence-electron chi connectivity index (χ2n) is 5.80. The van der Waals surface area contributed by atoms with Crippen LogP contribution in [0.5, 0.6) is 0 Å². The van der Waals surface area contributed by atoms with Gasteiger partial charge >= 0.3 is 5.97 Å². The lowest BCUT2D eigenvalue weighted by Gasteiger charge is -2.38. The predicted octanol–water partition coefficient (Wildman–Crippen LogP) is 3.48. The summed E-state index contributed by atoms with van der Waals surface area (Å²) in [5.74, 6) is -0.720. The summed E-state index contributed by atoms with van der Waals surface area (Å²) in [5.41, 5.74) is 2.29. The van der Waals surface area contributed by atoms with Gasteiger partial charge in [0, 0.05) is 17.3 Å². The Bertz CT molecular complexity index is 641. The molecule has 0 radical (unpaired) electrons. The smallest absolute Gasteiger partial charge is 0.320 e. The van der Waals surface area contributed by atoms with E-state index < -0.39 is 12.0 Å². The van der Waals surface area contributed by atoms with E-state index in [0.717, 1.165) is 31.4 Å². The van der Waals surface area contributed by atoms with E-state index in [-0.39, 0.29) is 6.04 Å². The molecule has 0 aliphatic carbocycles. The molecule has 1 fully saturated rings. The fourth-order valence-electron chi connectivity index (χ4n) is 3.18. The van der Waals surface area contributed by atoms with Gasteiger partial charge in [0.2, 0.25) is 0 Å². The molecular weight excluding hydrogens is 296 g/mol. The van der Waals surface area contributed by atoms with Crippen molar-refractivity contribution in [1.82, 2.24) is 9.88 Å². The standard InChI is InChI=1S/C17H20N2O2S/c1-12-9-15(22-11-12)16(13-5-4-7-18-10-13)19-8-3-2-6-14(19)17(20)21/h4-5,7,9-11,14,16H,2-3,6,8H2,1H3,(H,20,21). The molecule has 2 unspecified atom stereocenters. The molecule has 2 aromatic rings. The molecule has 1 aliphatic rings. The number of nitrogens with zero attached hydrogens (tertiary/aromatic N) is 2. The molecule has 5 heteroatoms. The lowest BCUT2D eigenvalue weighted by atomic mass is 9.96. The highest BCUT2D eigenvalue weighted by Gasteiger charge is 2.35. The largest absolute Gasteiger partial charge is 0.480 e. The van der Waals surface area contributed by atoms with Crippen LogP contribution in [0, 0.1) is 6.92 Å². The Labute approximate surface area is 134 Å². The van der Waals surface area contributed by atoms with E-state index >= 15 is 0 Å². The quantitative estimate of drug-likeness (QED) is 0.938. The van der Waals surface area contributed by atoms with E-state index in [1.54, 1.807) is 17.5 Å². The van der Waals surface area contributed by atoms with Gasteiger partial charge in [-0.3, -0.25) is 14.7 Å². The van der Waals surface area contributed by atoms with Crippen LogP contribution in [0.1, 0.15) is 41.3 Å². The highest BCUT2D eigenvalue weighted by Crippen LogP contribution is 2.36. The van der Waals surface area contributed by atoms with E-state index in [9.17, 15) is 9.90 Å². The third-order valence-electron chi connectivity index (χ3n) is 4.18. The number of hydrogen-bond donors (Lipinski definition) is 1. The van der Waals surface area contributed by atoms with E-state index in [1.165, 1.54) is 10.4 Å². The summed E-state index contributed by atoms with van der Waals surface area (Å²) < 4.78 is 0. The minimum Gasteiger partial charge on any atom is -0.480 e. The number of thiophene rings is 1. The number of rotatable bonds is 4. The minimum atomic E-state index is -0.720. The number of aryl methyl sites for hydroxylation is 1. The van der Waals surface area contributed by atoms with Gasteiger partial charge in [-0.25, -0.2) is 0 Å². The summed E-state index contributed by atoms with van der Waals surface area (Å²) in [5, 5.41) is 11.7. The van der Waals surface area contributed by atoms with E-state index in [4.69, 9.17) is 0 Å². The third-order valence-corrected chi connectivity index (χ3v) is 5.28. The van der Waals surface area contributed by atoms with Crippen LogP contribution >= 0.6 is 11.3 Å². The van der Waals surface area contributed by atoms with Crippen molar-refractivity contribution in [1.29, 1.82) is 0 Å². The fraction of sp³-hybridized carbons (Fsp3) is 0.412. The van der Waals surface area contributed by atoms with Gasteiger partial charge in [-0.2, -0.15) is 0 Å². The number of hydrogen-bond acceptors (Lipinski definition) is 4. The Morgan fingerprint density at radius 1 is 1.50 bits per heavy atom. The Hall–Kier alpha value is -1.72. The first-order valence-electron chi connectivity index (χ1n) is 7.60. The van der Waals surface area contributed by atoms with E-state index in [0.29, 0.717) is 0 Å². The molecule has 1 N–H and O–H groups in total. The first-order chi connectivity index (χ1) is 10.7. The third kappa shape index (κ3) is 3.05. The second-order valence-corrected chi connectivity index (χ2v) is 6.75. The molecular formula is C17H20N2O2S. The molecule has 2 aromatic heterocycles. The Morgan fingerprint density at radius 3 is 3.00 bits per heavy atom. The number of piperidine rings is 1. The van der Waals surface area contributed by atoms with Gasteiger partial charge in [-0.15, -0.1) is 11.3 Å². The first-order valence-corrected chi connectivity index (χ1v) is 8.48. The zero-order valence-corrected chi connectivity index (χ0v) is 13.4. The van der Waals surface area contributed by atoms with Crippen LogP contribution in [0.2, 0.25) is 0 Å². The number of aliphatic carboxylic acids is 1. The topological polar surface area (TPSA) is 53.4 Å². The van der Waals surface area contributed by atoms with Crippen LogP contribution in [0.15, 0.2) is 36.0 Å². The number of carboxylic acids is 1. The molecule has 0 saturated carbocycles. The summed E-state index contributed by atoms with van der Waals surface area (Å²) in [6.45, 7) is 2.89. The molecule has 22 heavy (non-hydrogen) atoms. The van der Waals surface area contributed by atoms with Gasteiger partial charge in [0.15, 0.2) is 0 Å². The fourth-order valence-corrected chi connectivity index (χ4v) is 4.23. The van der Waals surface area contributed by atoms with Gasteiger partial charge in [0.1, 0.15) is 6.04 Å². The molecule has 3 heterocycles. The van der Waals surface area contributed by atoms with Crippen LogP contribution in [0.4, 0.5) is 0 Å². The number of likely N-dealkylation sites (tertiary alicyclic amines) is 1. The molecule has 0 amide bonds. The molecule has 0 aromatic carbocycles. The van der Waals surface area contributed by atoms with Crippen LogP contribution in [-0.2, 0) is 4.79 Å². The van der Waals surface area contributed by atoms with Gasteiger partial charge in [0.05, 0.1) is 6.04 Å². The minimum absolute atomic E-state index is 0.0196. The van der Waals surface area contributed by atoms with Crippen molar-refractivity contribution in [2.75, 3.05) is 6.54 Å². The SMILES string of the molecule is Cc1csc(C(c2cccnc2)N2CCCCC2C(=O)O)c1. The highest BCUT2D eigenvalue weighted by molar-refractivity contribution is 7.10. The van der Waals surface area contributed by atoms with Crippen LogP contribution < -0.4 is 0 Å². The van der Waals surface area contributed by atoms with Crippen molar-refractivity contribution in [2.24, 2.45) is 0 Å². The van der Waals surface area contributed by atoms with Gasteiger partial charge in [-0.05, 0) is 54.9 Å². The summed E-state index contributed by atoms with van der Waals surface area (Å²) in [6, 6.07) is 5.69. The Kier molecular flexibility index (Phi) is 4.55. The average molecular weight is 316 g/mol. The van der Waals surface area contributed by atoms with Crippen molar-refractivity contribution < 1.29 is 9.90 Å². The lowest BCUT2D eigenvalue weighted by molar-refractivity contribution is -0.145. The summed E-state index contributed by atoms with van der Waals surface area (Å²) in [7, 11) is 0. The monoisotopic (exact) mass is 316 g/mol. The van der Waals surface area contributed by atoms with Gasteiger partial charge in [-0.1, -0.05) is 12.5 Å². The van der Waals surface area contributed by atoms with Crippen LogP contribution in [0.3, 0.4) is 0 Å². The van der Waals surface area contributed by atoms with Gasteiger partial charge < -0.3 is 5.11 Å². The number of aromatic nitrogens is 1. The van der Waals surface area contributed by atoms with Gasteiger partial charge in [0.25, 0.3) is 0 Å². The Morgan fingerprint density at radius 2 is 2.36 bits per heavy atom. The summed E-state index contributed by atoms with van der Waals surface area (Å²) in [6.07, 6.45) is 6.36. The summed E-state index contributed by atoms with van der Waals surface area (Å²) in [4.78, 5) is 19.2. The number of carboxylic acid groups (broad SMARTS) is 1. The molecule has 3 rings (SSSR count). The lowest BCUT2D eigenvalue weighted by Crippen LogP contribution is -2.46. The van der Waals surface area contributed by atoms with Crippen molar-refractivity contribution in [3.8, 4) is 0 Å². The molecule has 4 nitrogen and oxygen atoms in total. The molecule has 2 atom stereocenters. The summed E-state index contributed by atoms with van der Waals surface area (Å²) >= 11 is 1.70. The van der Waals surface area contributed by atoms with Crippen LogP contribution in [-0.4, -0.2) is 33.5 Å². The zero-order valence-electron chi connectivity index (χ0n) is 12.6. The highest BCUT2D eigenvalue weighted by atomic mass is 32.1.